The Morgan fingerprint density at radius 1 is 1.43 bits per heavy atom. The fourth-order valence-electron chi connectivity index (χ4n) is 2.98. The van der Waals surface area contributed by atoms with Crippen molar-refractivity contribution < 1.29 is 17.9 Å². The Balaban J connectivity index is 1.93. The SMILES string of the molecule is CCNC(=NCCNS(=O)(=O)c1cccnc1)N1CCCC(C(=O)OCC)C1. The third kappa shape index (κ3) is 6.45. The number of hydrogen-bond donors (Lipinski definition) is 2. The molecule has 0 aliphatic carbocycles. The lowest BCUT2D eigenvalue weighted by Crippen LogP contribution is -2.48. The minimum Gasteiger partial charge on any atom is -0.466 e. The number of guanidine groups is 1. The number of aliphatic imine (C=N–C) groups is 1. The first-order valence-electron chi connectivity index (χ1n) is 9.57. The van der Waals surface area contributed by atoms with Crippen LogP contribution in [0.4, 0.5) is 0 Å². The summed E-state index contributed by atoms with van der Waals surface area (Å²) in [6, 6.07) is 3.07. The summed E-state index contributed by atoms with van der Waals surface area (Å²) in [6.07, 6.45) is 4.51. The highest BCUT2D eigenvalue weighted by molar-refractivity contribution is 7.89. The van der Waals surface area contributed by atoms with Crippen molar-refractivity contribution in [2.75, 3.05) is 39.3 Å². The second-order valence-corrected chi connectivity index (χ2v) is 8.13. The van der Waals surface area contributed by atoms with E-state index in [-0.39, 0.29) is 29.9 Å². The smallest absolute Gasteiger partial charge is 0.310 e. The monoisotopic (exact) mass is 411 g/mol. The number of sulfonamides is 1. The molecule has 1 saturated heterocycles. The van der Waals surface area contributed by atoms with Crippen LogP contribution in [0.15, 0.2) is 34.4 Å². The van der Waals surface area contributed by atoms with E-state index in [1.54, 1.807) is 13.0 Å². The van der Waals surface area contributed by atoms with Gasteiger partial charge in [0.15, 0.2) is 5.96 Å². The highest BCUT2D eigenvalue weighted by Gasteiger charge is 2.28. The van der Waals surface area contributed by atoms with Gasteiger partial charge in [-0.15, -0.1) is 0 Å². The number of hydrogen-bond acceptors (Lipinski definition) is 6. The van der Waals surface area contributed by atoms with E-state index in [0.29, 0.717) is 25.7 Å². The Hall–Kier alpha value is -2.20. The van der Waals surface area contributed by atoms with E-state index in [4.69, 9.17) is 4.74 Å². The summed E-state index contributed by atoms with van der Waals surface area (Å²) in [7, 11) is -3.60. The third-order valence-corrected chi connectivity index (χ3v) is 5.73. The van der Waals surface area contributed by atoms with Gasteiger partial charge in [0.1, 0.15) is 4.90 Å². The van der Waals surface area contributed by atoms with Crippen LogP contribution in [0.1, 0.15) is 26.7 Å². The molecule has 1 unspecified atom stereocenters. The largest absolute Gasteiger partial charge is 0.466 e. The lowest BCUT2D eigenvalue weighted by molar-refractivity contribution is -0.149. The molecule has 1 fully saturated rings. The molecule has 10 heteroatoms. The second-order valence-electron chi connectivity index (χ2n) is 6.36. The Kier molecular flexibility index (Phi) is 8.65. The molecular formula is C18H29N5O4S. The molecule has 0 amide bonds. The predicted octanol–water partition coefficient (Wildman–Crippen LogP) is 0.601. The summed E-state index contributed by atoms with van der Waals surface area (Å²) in [5.74, 6) is 0.339. The minimum atomic E-state index is -3.60. The number of piperidine rings is 1. The fourth-order valence-corrected chi connectivity index (χ4v) is 3.96. The van der Waals surface area contributed by atoms with Crippen LogP contribution in [-0.4, -0.2) is 69.6 Å². The van der Waals surface area contributed by atoms with Gasteiger partial charge in [0, 0.05) is 38.6 Å². The molecule has 0 saturated carbocycles. The standard InChI is InChI=1S/C18H29N5O4S/c1-3-20-18(23-12-6-7-15(14-23)17(24)27-4-2)21-10-11-22-28(25,26)16-8-5-9-19-13-16/h5,8-9,13,15,22H,3-4,6-7,10-12,14H2,1-2H3,(H,20,21). The normalized spacial score (nSPS) is 18.0. The van der Waals surface area contributed by atoms with E-state index < -0.39 is 10.0 Å². The van der Waals surface area contributed by atoms with E-state index >= 15 is 0 Å². The molecule has 9 nitrogen and oxygen atoms in total. The number of ether oxygens (including phenoxy) is 1. The number of pyridine rings is 1. The first-order valence-corrected chi connectivity index (χ1v) is 11.1. The van der Waals surface area contributed by atoms with Crippen molar-refractivity contribution in [2.45, 2.75) is 31.6 Å². The maximum atomic E-state index is 12.2. The van der Waals surface area contributed by atoms with Crippen molar-refractivity contribution in [3.8, 4) is 0 Å². The van der Waals surface area contributed by atoms with Crippen molar-refractivity contribution in [3.05, 3.63) is 24.5 Å². The van der Waals surface area contributed by atoms with Gasteiger partial charge in [0.2, 0.25) is 10.0 Å². The average molecular weight is 412 g/mol. The first kappa shape index (κ1) is 22.1. The maximum absolute atomic E-state index is 12.2. The maximum Gasteiger partial charge on any atom is 0.310 e. The Morgan fingerprint density at radius 3 is 2.93 bits per heavy atom. The summed E-state index contributed by atoms with van der Waals surface area (Å²) >= 11 is 0. The molecule has 2 heterocycles. The fraction of sp³-hybridized carbons (Fsp3) is 0.611. The summed E-state index contributed by atoms with van der Waals surface area (Å²) in [4.78, 5) is 22.5. The molecule has 0 spiro atoms. The van der Waals surface area contributed by atoms with Crippen LogP contribution in [0.3, 0.4) is 0 Å². The van der Waals surface area contributed by atoms with Crippen molar-refractivity contribution in [2.24, 2.45) is 10.9 Å². The Labute approximate surface area is 166 Å². The zero-order valence-corrected chi connectivity index (χ0v) is 17.2. The van der Waals surface area contributed by atoms with E-state index in [0.717, 1.165) is 19.4 Å². The number of nitrogens with zero attached hydrogens (tertiary/aromatic N) is 3. The van der Waals surface area contributed by atoms with Gasteiger partial charge in [-0.3, -0.25) is 14.8 Å². The van der Waals surface area contributed by atoms with Crippen LogP contribution in [0, 0.1) is 5.92 Å². The highest BCUT2D eigenvalue weighted by atomic mass is 32.2. The molecule has 1 aromatic rings. The van der Waals surface area contributed by atoms with Gasteiger partial charge in [-0.2, -0.15) is 0 Å². The zero-order valence-electron chi connectivity index (χ0n) is 16.4. The minimum absolute atomic E-state index is 0.124. The number of carbonyl (C=O) groups is 1. The molecule has 0 aromatic carbocycles. The number of aromatic nitrogens is 1. The molecule has 0 radical (unpaired) electrons. The number of nitrogens with one attached hydrogen (secondary N) is 2. The van der Waals surface area contributed by atoms with Crippen LogP contribution < -0.4 is 10.0 Å². The van der Waals surface area contributed by atoms with Crippen LogP contribution in [0.5, 0.6) is 0 Å². The Morgan fingerprint density at radius 2 is 2.25 bits per heavy atom. The molecule has 0 bridgehead atoms. The highest BCUT2D eigenvalue weighted by Crippen LogP contribution is 2.18. The lowest BCUT2D eigenvalue weighted by atomic mass is 9.98. The Bertz CT molecular complexity index is 754. The topological polar surface area (TPSA) is 113 Å². The molecule has 28 heavy (non-hydrogen) atoms. The van der Waals surface area contributed by atoms with Gasteiger partial charge in [-0.25, -0.2) is 13.1 Å². The van der Waals surface area contributed by atoms with Crippen molar-refractivity contribution in [1.29, 1.82) is 0 Å². The molecule has 1 aliphatic heterocycles. The van der Waals surface area contributed by atoms with E-state index in [1.807, 2.05) is 11.8 Å². The summed E-state index contributed by atoms with van der Waals surface area (Å²) in [5.41, 5.74) is 0. The number of likely N-dealkylation sites (tertiary alicyclic amines) is 1. The average Bonchev–Trinajstić information content (AvgIpc) is 2.71. The van der Waals surface area contributed by atoms with E-state index in [2.05, 4.69) is 20.0 Å². The van der Waals surface area contributed by atoms with Gasteiger partial charge >= 0.3 is 5.97 Å². The van der Waals surface area contributed by atoms with Crippen molar-refractivity contribution >= 4 is 22.0 Å². The van der Waals surface area contributed by atoms with Crippen molar-refractivity contribution in [1.82, 2.24) is 19.9 Å². The number of rotatable bonds is 8. The van der Waals surface area contributed by atoms with Crippen LogP contribution >= 0.6 is 0 Å². The summed E-state index contributed by atoms with van der Waals surface area (Å²) < 4.78 is 32.1. The summed E-state index contributed by atoms with van der Waals surface area (Å²) in [5, 5.41) is 3.21. The number of carbonyl (C=O) groups excluding carboxylic acids is 1. The van der Waals surface area contributed by atoms with Crippen molar-refractivity contribution in [3.63, 3.8) is 0 Å². The van der Waals surface area contributed by atoms with Gasteiger partial charge in [0.05, 0.1) is 19.1 Å². The van der Waals surface area contributed by atoms with Crippen LogP contribution in [-0.2, 0) is 19.6 Å². The summed E-state index contributed by atoms with van der Waals surface area (Å²) in [6.45, 7) is 6.62. The first-order chi connectivity index (χ1) is 13.5. The molecule has 2 N–H and O–H groups in total. The molecule has 1 atom stereocenters. The molecule has 1 aromatic heterocycles. The second kappa shape index (κ2) is 11.0. The van der Waals surface area contributed by atoms with E-state index in [1.165, 1.54) is 18.5 Å². The number of esters is 1. The lowest BCUT2D eigenvalue weighted by Gasteiger charge is -2.34. The zero-order chi connectivity index (χ0) is 20.4. The van der Waals surface area contributed by atoms with E-state index in [9.17, 15) is 13.2 Å². The molecule has 2 rings (SSSR count). The quantitative estimate of drug-likeness (QED) is 0.279. The van der Waals surface area contributed by atoms with Gasteiger partial charge in [-0.05, 0) is 38.8 Å². The predicted molar refractivity (Wildman–Crippen MR) is 106 cm³/mol. The van der Waals surface area contributed by atoms with Gasteiger partial charge < -0.3 is 15.0 Å². The van der Waals surface area contributed by atoms with Crippen LogP contribution in [0.25, 0.3) is 0 Å². The molecular weight excluding hydrogens is 382 g/mol. The van der Waals surface area contributed by atoms with Gasteiger partial charge in [-0.1, -0.05) is 0 Å². The molecule has 156 valence electrons. The van der Waals surface area contributed by atoms with Gasteiger partial charge in [0.25, 0.3) is 0 Å². The van der Waals surface area contributed by atoms with Crippen LogP contribution in [0.2, 0.25) is 0 Å². The molecule has 1 aliphatic rings. The third-order valence-electron chi connectivity index (χ3n) is 4.29.